The van der Waals surface area contributed by atoms with E-state index in [-0.39, 0.29) is 12.1 Å². The summed E-state index contributed by atoms with van der Waals surface area (Å²) in [5, 5.41) is 1.33. The Kier molecular flexibility index (Phi) is 5.44. The van der Waals surface area contributed by atoms with Crippen LogP contribution in [0.5, 0.6) is 0 Å². The second kappa shape index (κ2) is 7.09. The van der Waals surface area contributed by atoms with Crippen LogP contribution >= 0.6 is 23.2 Å². The number of hydrogen-bond donors (Lipinski definition) is 1. The molecule has 2 aromatic rings. The molecule has 2 nitrogen and oxygen atoms in total. The maximum Gasteiger partial charge on any atom is 0.0975 e. The number of halogens is 2. The molecule has 0 saturated carbocycles. The van der Waals surface area contributed by atoms with E-state index in [9.17, 15) is 0 Å². The maximum atomic E-state index is 6.28. The largest absolute Gasteiger partial charge is 0.375 e. The van der Waals surface area contributed by atoms with E-state index in [0.29, 0.717) is 16.5 Å². The third-order valence-electron chi connectivity index (χ3n) is 3.23. The van der Waals surface area contributed by atoms with E-state index in [1.54, 1.807) is 19.2 Å². The van der Waals surface area contributed by atoms with E-state index in [0.717, 1.165) is 11.1 Å². The highest BCUT2D eigenvalue weighted by Crippen LogP contribution is 2.26. The highest BCUT2D eigenvalue weighted by atomic mass is 35.5. The number of methoxy groups -OCH3 is 1. The number of hydrogen-bond acceptors (Lipinski definition) is 2. The van der Waals surface area contributed by atoms with Crippen LogP contribution in [0.2, 0.25) is 10.0 Å². The summed E-state index contributed by atoms with van der Waals surface area (Å²) < 4.78 is 5.54. The van der Waals surface area contributed by atoms with Gasteiger partial charge in [0, 0.05) is 23.2 Å². The van der Waals surface area contributed by atoms with E-state index in [1.807, 2.05) is 36.4 Å². The lowest BCUT2D eigenvalue weighted by molar-refractivity contribution is 0.0803. The summed E-state index contributed by atoms with van der Waals surface area (Å²) in [4.78, 5) is 0. The van der Waals surface area contributed by atoms with Gasteiger partial charge in [-0.2, -0.15) is 0 Å². The van der Waals surface area contributed by atoms with Gasteiger partial charge in [0.25, 0.3) is 0 Å². The molecule has 0 heterocycles. The molecule has 0 fully saturated rings. The second-order valence-corrected chi connectivity index (χ2v) is 5.51. The van der Waals surface area contributed by atoms with Crippen LogP contribution in [0.15, 0.2) is 48.5 Å². The summed E-state index contributed by atoms with van der Waals surface area (Å²) in [6.07, 6.45) is 0.429. The number of benzene rings is 2. The Bertz CT molecular complexity index is 560. The molecule has 0 aliphatic carbocycles. The fourth-order valence-electron chi connectivity index (χ4n) is 2.26. The molecule has 2 unspecified atom stereocenters. The first-order valence-corrected chi connectivity index (χ1v) is 7.14. The van der Waals surface area contributed by atoms with Crippen molar-refractivity contribution in [1.82, 2.24) is 0 Å². The molecule has 0 aliphatic heterocycles. The lowest BCUT2D eigenvalue weighted by Gasteiger charge is -2.23. The van der Waals surface area contributed by atoms with Crippen molar-refractivity contribution >= 4 is 23.2 Å². The molecule has 0 bridgehead atoms. The molecule has 2 rings (SSSR count). The first-order chi connectivity index (χ1) is 9.61. The molecular formula is C16H17Cl2NO. The van der Waals surface area contributed by atoms with Crippen molar-refractivity contribution in [2.24, 2.45) is 5.73 Å². The highest BCUT2D eigenvalue weighted by Gasteiger charge is 2.20. The Morgan fingerprint density at radius 3 is 2.45 bits per heavy atom. The quantitative estimate of drug-likeness (QED) is 0.896. The van der Waals surface area contributed by atoms with E-state index in [4.69, 9.17) is 33.7 Å². The SMILES string of the molecule is COC(c1ccccc1)C(N)Cc1cc(Cl)ccc1Cl. The maximum absolute atomic E-state index is 6.28. The van der Waals surface area contributed by atoms with Gasteiger partial charge in [0.1, 0.15) is 0 Å². The van der Waals surface area contributed by atoms with E-state index < -0.39 is 0 Å². The molecule has 106 valence electrons. The fourth-order valence-corrected chi connectivity index (χ4v) is 2.65. The third-order valence-corrected chi connectivity index (χ3v) is 3.84. The minimum absolute atomic E-state index is 0.175. The normalized spacial score (nSPS) is 14.0. The Balaban J connectivity index is 2.17. The summed E-state index contributed by atoms with van der Waals surface area (Å²) in [5.41, 5.74) is 8.28. The highest BCUT2D eigenvalue weighted by molar-refractivity contribution is 6.33. The monoisotopic (exact) mass is 309 g/mol. The van der Waals surface area contributed by atoms with E-state index >= 15 is 0 Å². The van der Waals surface area contributed by atoms with E-state index in [1.165, 1.54) is 0 Å². The van der Waals surface area contributed by atoms with E-state index in [2.05, 4.69) is 0 Å². The molecule has 0 saturated heterocycles. The zero-order valence-electron chi connectivity index (χ0n) is 11.2. The molecule has 0 amide bonds. The zero-order chi connectivity index (χ0) is 14.5. The molecule has 0 radical (unpaired) electrons. The van der Waals surface area contributed by atoms with Crippen LogP contribution in [0, 0.1) is 0 Å². The van der Waals surface area contributed by atoms with Crippen molar-refractivity contribution in [3.05, 3.63) is 69.7 Å². The van der Waals surface area contributed by atoms with Crippen LogP contribution < -0.4 is 5.73 Å². The molecular weight excluding hydrogens is 293 g/mol. The van der Waals surface area contributed by atoms with Gasteiger partial charge in [-0.15, -0.1) is 0 Å². The molecule has 0 aliphatic rings. The van der Waals surface area contributed by atoms with Gasteiger partial charge in [-0.05, 0) is 35.7 Å². The van der Waals surface area contributed by atoms with Crippen LogP contribution in [0.25, 0.3) is 0 Å². The molecule has 2 aromatic carbocycles. The average molecular weight is 310 g/mol. The van der Waals surface area contributed by atoms with Crippen molar-refractivity contribution in [2.75, 3.05) is 7.11 Å². The predicted octanol–water partition coefficient (Wildman–Crippen LogP) is 4.25. The first kappa shape index (κ1) is 15.3. The Morgan fingerprint density at radius 1 is 1.10 bits per heavy atom. The van der Waals surface area contributed by atoms with Gasteiger partial charge in [-0.1, -0.05) is 53.5 Å². The van der Waals surface area contributed by atoms with Crippen molar-refractivity contribution in [1.29, 1.82) is 0 Å². The predicted molar refractivity (Wildman–Crippen MR) is 84.3 cm³/mol. The minimum Gasteiger partial charge on any atom is -0.375 e. The van der Waals surface area contributed by atoms with Crippen LogP contribution in [-0.4, -0.2) is 13.2 Å². The zero-order valence-corrected chi connectivity index (χ0v) is 12.7. The van der Waals surface area contributed by atoms with Crippen LogP contribution in [-0.2, 0) is 11.2 Å². The molecule has 20 heavy (non-hydrogen) atoms. The standard InChI is InChI=1S/C16H17Cl2NO/c1-20-16(11-5-3-2-4-6-11)15(19)10-12-9-13(17)7-8-14(12)18/h2-9,15-16H,10,19H2,1H3. The van der Waals surface area contributed by atoms with Gasteiger partial charge in [-0.25, -0.2) is 0 Å². The number of nitrogens with two attached hydrogens (primary N) is 1. The molecule has 0 spiro atoms. The second-order valence-electron chi connectivity index (χ2n) is 4.67. The third kappa shape index (κ3) is 3.74. The topological polar surface area (TPSA) is 35.2 Å². The summed E-state index contributed by atoms with van der Waals surface area (Å²) in [6, 6.07) is 15.1. The summed E-state index contributed by atoms with van der Waals surface area (Å²) >= 11 is 12.2. The smallest absolute Gasteiger partial charge is 0.0975 e. The molecule has 2 atom stereocenters. The van der Waals surface area contributed by atoms with Gasteiger partial charge in [0.05, 0.1) is 6.10 Å². The summed E-state index contributed by atoms with van der Waals surface area (Å²) in [6.45, 7) is 0. The minimum atomic E-state index is -0.196. The Morgan fingerprint density at radius 2 is 1.80 bits per heavy atom. The van der Waals surface area contributed by atoms with Crippen molar-refractivity contribution in [3.63, 3.8) is 0 Å². The van der Waals surface area contributed by atoms with Crippen LogP contribution in [0.4, 0.5) is 0 Å². The van der Waals surface area contributed by atoms with Crippen molar-refractivity contribution in [3.8, 4) is 0 Å². The van der Waals surface area contributed by atoms with Crippen molar-refractivity contribution in [2.45, 2.75) is 18.6 Å². The Hall–Kier alpha value is -1.06. The van der Waals surface area contributed by atoms with Gasteiger partial charge >= 0.3 is 0 Å². The van der Waals surface area contributed by atoms with Crippen LogP contribution in [0.1, 0.15) is 17.2 Å². The summed E-state index contributed by atoms with van der Waals surface area (Å²) in [5.74, 6) is 0. The first-order valence-electron chi connectivity index (χ1n) is 6.39. The molecule has 2 N–H and O–H groups in total. The van der Waals surface area contributed by atoms with Gasteiger partial charge in [-0.3, -0.25) is 0 Å². The number of ether oxygens (including phenoxy) is 1. The molecule has 0 aromatic heterocycles. The Labute approximate surface area is 129 Å². The lowest BCUT2D eigenvalue weighted by Crippen LogP contribution is -2.32. The lowest BCUT2D eigenvalue weighted by atomic mass is 9.96. The van der Waals surface area contributed by atoms with Gasteiger partial charge < -0.3 is 10.5 Å². The van der Waals surface area contributed by atoms with Crippen LogP contribution in [0.3, 0.4) is 0 Å². The van der Waals surface area contributed by atoms with Gasteiger partial charge in [0.2, 0.25) is 0 Å². The molecule has 4 heteroatoms. The van der Waals surface area contributed by atoms with Crippen molar-refractivity contribution < 1.29 is 4.74 Å². The van der Waals surface area contributed by atoms with Gasteiger partial charge in [0.15, 0.2) is 0 Å². The summed E-state index contributed by atoms with van der Waals surface area (Å²) in [7, 11) is 1.66. The fraction of sp³-hybridized carbons (Fsp3) is 0.250. The average Bonchev–Trinajstić information content (AvgIpc) is 2.45. The number of rotatable bonds is 5.